The van der Waals surface area contributed by atoms with E-state index in [2.05, 4.69) is 20.4 Å². The van der Waals surface area contributed by atoms with Crippen molar-refractivity contribution in [3.05, 3.63) is 0 Å². The fourth-order valence-corrected chi connectivity index (χ4v) is 2.17. The van der Waals surface area contributed by atoms with Gasteiger partial charge in [0.2, 0.25) is 0 Å². The van der Waals surface area contributed by atoms with Crippen LogP contribution >= 0.6 is 0 Å². The molecule has 0 aromatic heterocycles. The van der Waals surface area contributed by atoms with Gasteiger partial charge < -0.3 is 15.4 Å². The van der Waals surface area contributed by atoms with Crippen molar-refractivity contribution in [2.24, 2.45) is 0 Å². The van der Waals surface area contributed by atoms with Crippen molar-refractivity contribution in [2.45, 2.75) is 0 Å². The van der Waals surface area contributed by atoms with E-state index in [1.807, 2.05) is 0 Å². The predicted octanol–water partition coefficient (Wildman–Crippen LogP) is -1.23. The van der Waals surface area contributed by atoms with Gasteiger partial charge >= 0.3 is 0 Å². The highest BCUT2D eigenvalue weighted by Gasteiger charge is 2.10. The van der Waals surface area contributed by atoms with Crippen LogP contribution in [0.3, 0.4) is 0 Å². The van der Waals surface area contributed by atoms with Crippen molar-refractivity contribution in [3.8, 4) is 0 Å². The maximum atomic E-state index is 5.32. The molecule has 2 aliphatic heterocycles. The Bertz CT molecular complexity index is 159. The Morgan fingerprint density at radius 2 is 1.75 bits per heavy atom. The van der Waals surface area contributed by atoms with E-state index in [1.54, 1.807) is 0 Å². The number of morpholine rings is 1. The summed E-state index contributed by atoms with van der Waals surface area (Å²) in [7, 11) is 0. The quantitative estimate of drug-likeness (QED) is 0.577. The smallest absolute Gasteiger partial charge is 0.0594 e. The molecule has 94 valence electrons. The molecule has 2 N–H and O–H groups in total. The first-order valence-electron chi connectivity index (χ1n) is 6.39. The van der Waals surface area contributed by atoms with Crippen LogP contribution in [0.1, 0.15) is 0 Å². The fraction of sp³-hybridized carbons (Fsp3) is 1.00. The molecule has 0 atom stereocenters. The van der Waals surface area contributed by atoms with E-state index in [4.69, 9.17) is 4.74 Å². The first kappa shape index (κ1) is 12.3. The summed E-state index contributed by atoms with van der Waals surface area (Å²) in [6.45, 7) is 11.9. The first-order valence-corrected chi connectivity index (χ1v) is 6.39. The normalized spacial score (nSPS) is 24.8. The standard InChI is InChI=1S/C11H24N4O/c1-5-15(6-2-12-1)11-13-3-4-14-7-9-16-10-8-14/h12-13H,1-11H2. The minimum atomic E-state index is 0.901. The topological polar surface area (TPSA) is 39.8 Å². The molecule has 2 heterocycles. The van der Waals surface area contributed by atoms with Gasteiger partial charge in [-0.1, -0.05) is 0 Å². The number of rotatable bonds is 5. The van der Waals surface area contributed by atoms with E-state index in [0.29, 0.717) is 0 Å². The van der Waals surface area contributed by atoms with Gasteiger partial charge in [-0.05, 0) is 0 Å². The Labute approximate surface area is 98.1 Å². The molecule has 0 unspecified atom stereocenters. The lowest BCUT2D eigenvalue weighted by Gasteiger charge is -2.29. The summed E-state index contributed by atoms with van der Waals surface area (Å²) >= 11 is 0. The average Bonchev–Trinajstić information content (AvgIpc) is 2.37. The zero-order valence-corrected chi connectivity index (χ0v) is 10.1. The Kier molecular flexibility index (Phi) is 5.51. The summed E-state index contributed by atoms with van der Waals surface area (Å²) in [4.78, 5) is 4.93. The number of nitrogens with zero attached hydrogens (tertiary/aromatic N) is 2. The zero-order valence-electron chi connectivity index (χ0n) is 10.1. The second-order valence-corrected chi connectivity index (χ2v) is 4.48. The van der Waals surface area contributed by atoms with Gasteiger partial charge in [-0.2, -0.15) is 0 Å². The molecule has 2 saturated heterocycles. The molecule has 2 fully saturated rings. The lowest BCUT2D eigenvalue weighted by molar-refractivity contribution is 0.0379. The van der Waals surface area contributed by atoms with E-state index in [0.717, 1.165) is 59.2 Å². The molecule has 5 nitrogen and oxygen atoms in total. The predicted molar refractivity (Wildman–Crippen MR) is 64.6 cm³/mol. The summed E-state index contributed by atoms with van der Waals surface area (Å²) in [5.41, 5.74) is 0. The Hall–Kier alpha value is -0.200. The van der Waals surface area contributed by atoms with Crippen LogP contribution in [0.5, 0.6) is 0 Å². The van der Waals surface area contributed by atoms with Gasteiger partial charge in [0, 0.05) is 59.0 Å². The van der Waals surface area contributed by atoms with Crippen LogP contribution in [0.2, 0.25) is 0 Å². The molecular formula is C11H24N4O. The number of piperazine rings is 1. The SMILES string of the molecule is C1CN(CNCCN2CCOCC2)CCN1. The maximum absolute atomic E-state index is 5.32. The summed E-state index contributed by atoms with van der Waals surface area (Å²) in [6, 6.07) is 0. The van der Waals surface area contributed by atoms with E-state index in [1.165, 1.54) is 13.1 Å². The second kappa shape index (κ2) is 7.19. The van der Waals surface area contributed by atoms with Gasteiger partial charge in [0.25, 0.3) is 0 Å². The van der Waals surface area contributed by atoms with Crippen molar-refractivity contribution in [2.75, 3.05) is 72.2 Å². The van der Waals surface area contributed by atoms with Gasteiger partial charge in [-0.3, -0.25) is 9.80 Å². The zero-order chi connectivity index (χ0) is 11.1. The summed E-state index contributed by atoms with van der Waals surface area (Å²) in [6.07, 6.45) is 0. The van der Waals surface area contributed by atoms with Crippen molar-refractivity contribution < 1.29 is 4.74 Å². The molecule has 0 bridgehead atoms. The van der Waals surface area contributed by atoms with Crippen molar-refractivity contribution in [3.63, 3.8) is 0 Å². The third-order valence-electron chi connectivity index (χ3n) is 3.25. The van der Waals surface area contributed by atoms with Crippen molar-refractivity contribution in [1.82, 2.24) is 20.4 Å². The minimum absolute atomic E-state index is 0.901. The molecule has 0 aliphatic carbocycles. The summed E-state index contributed by atoms with van der Waals surface area (Å²) in [5.74, 6) is 0. The van der Waals surface area contributed by atoms with Crippen LogP contribution < -0.4 is 10.6 Å². The monoisotopic (exact) mass is 228 g/mol. The van der Waals surface area contributed by atoms with Crippen molar-refractivity contribution >= 4 is 0 Å². The highest BCUT2D eigenvalue weighted by molar-refractivity contribution is 4.67. The van der Waals surface area contributed by atoms with E-state index in [9.17, 15) is 0 Å². The third kappa shape index (κ3) is 4.35. The molecule has 0 aromatic rings. The van der Waals surface area contributed by atoms with Crippen molar-refractivity contribution in [1.29, 1.82) is 0 Å². The Morgan fingerprint density at radius 1 is 1.00 bits per heavy atom. The first-order chi connectivity index (χ1) is 7.95. The molecule has 2 aliphatic rings. The molecule has 0 amide bonds. The maximum Gasteiger partial charge on any atom is 0.0594 e. The summed E-state index contributed by atoms with van der Waals surface area (Å²) < 4.78 is 5.32. The lowest BCUT2D eigenvalue weighted by Crippen LogP contribution is -2.48. The van der Waals surface area contributed by atoms with Crippen LogP contribution in [-0.4, -0.2) is 82.0 Å². The Morgan fingerprint density at radius 3 is 2.50 bits per heavy atom. The summed E-state index contributed by atoms with van der Waals surface area (Å²) in [5, 5.41) is 6.88. The van der Waals surface area contributed by atoms with E-state index in [-0.39, 0.29) is 0 Å². The van der Waals surface area contributed by atoms with Crippen LogP contribution in [0.4, 0.5) is 0 Å². The van der Waals surface area contributed by atoms with Crippen LogP contribution in [0.15, 0.2) is 0 Å². The highest BCUT2D eigenvalue weighted by Crippen LogP contribution is 1.95. The molecular weight excluding hydrogens is 204 g/mol. The van der Waals surface area contributed by atoms with E-state index >= 15 is 0 Å². The van der Waals surface area contributed by atoms with Gasteiger partial charge in [0.1, 0.15) is 0 Å². The van der Waals surface area contributed by atoms with Gasteiger partial charge in [-0.15, -0.1) is 0 Å². The van der Waals surface area contributed by atoms with E-state index < -0.39 is 0 Å². The highest BCUT2D eigenvalue weighted by atomic mass is 16.5. The molecule has 0 aromatic carbocycles. The molecule has 2 rings (SSSR count). The lowest BCUT2D eigenvalue weighted by atomic mass is 10.4. The van der Waals surface area contributed by atoms with Gasteiger partial charge in [0.15, 0.2) is 0 Å². The van der Waals surface area contributed by atoms with Crippen LogP contribution in [-0.2, 0) is 4.74 Å². The fourth-order valence-electron chi connectivity index (χ4n) is 2.17. The molecule has 5 heteroatoms. The minimum Gasteiger partial charge on any atom is -0.379 e. The van der Waals surface area contributed by atoms with Gasteiger partial charge in [-0.25, -0.2) is 0 Å². The number of hydrogen-bond acceptors (Lipinski definition) is 5. The number of nitrogens with one attached hydrogen (secondary N) is 2. The number of hydrogen-bond donors (Lipinski definition) is 2. The van der Waals surface area contributed by atoms with Crippen LogP contribution in [0.25, 0.3) is 0 Å². The van der Waals surface area contributed by atoms with Crippen LogP contribution in [0, 0.1) is 0 Å². The Balaban J connectivity index is 1.47. The largest absolute Gasteiger partial charge is 0.379 e. The van der Waals surface area contributed by atoms with Gasteiger partial charge in [0.05, 0.1) is 13.2 Å². The molecule has 0 spiro atoms. The average molecular weight is 228 g/mol. The molecule has 16 heavy (non-hydrogen) atoms. The third-order valence-corrected chi connectivity index (χ3v) is 3.25. The molecule has 0 saturated carbocycles. The number of ether oxygens (including phenoxy) is 1. The second-order valence-electron chi connectivity index (χ2n) is 4.48. The molecule has 0 radical (unpaired) electrons.